The number of rotatable bonds is 9. The normalized spacial score (nSPS) is 11.1. The summed E-state index contributed by atoms with van der Waals surface area (Å²) in [6.07, 6.45) is 4.77. The molecule has 0 radical (unpaired) electrons. The van der Waals surface area contributed by atoms with E-state index in [1.54, 1.807) is 16.9 Å². The SMILES string of the molecule is C=CN(Cc1cn(CCCCF)nn1)Cc1ccc2c(Cl)cc(Cl)c(O)c2n1. The third-order valence-electron chi connectivity index (χ3n) is 4.26. The molecule has 1 aromatic carbocycles. The predicted molar refractivity (Wildman–Crippen MR) is 108 cm³/mol. The highest BCUT2D eigenvalue weighted by atomic mass is 35.5. The van der Waals surface area contributed by atoms with E-state index in [-0.39, 0.29) is 17.4 Å². The first kappa shape index (κ1) is 20.4. The third-order valence-corrected chi connectivity index (χ3v) is 4.86. The second-order valence-electron chi connectivity index (χ2n) is 6.34. The van der Waals surface area contributed by atoms with Gasteiger partial charge in [-0.2, -0.15) is 0 Å². The van der Waals surface area contributed by atoms with Crippen molar-refractivity contribution in [3.63, 3.8) is 0 Å². The Bertz CT molecular complexity index is 978. The van der Waals surface area contributed by atoms with Crippen LogP contribution in [-0.4, -0.2) is 36.7 Å². The fourth-order valence-electron chi connectivity index (χ4n) is 2.82. The van der Waals surface area contributed by atoms with Crippen LogP contribution in [0.1, 0.15) is 24.2 Å². The topological polar surface area (TPSA) is 67.1 Å². The van der Waals surface area contributed by atoms with Crippen LogP contribution in [0.25, 0.3) is 10.9 Å². The van der Waals surface area contributed by atoms with Crippen LogP contribution < -0.4 is 0 Å². The molecule has 0 saturated heterocycles. The lowest BCUT2D eigenvalue weighted by molar-refractivity contribution is 0.354. The zero-order valence-electron chi connectivity index (χ0n) is 15.2. The van der Waals surface area contributed by atoms with E-state index in [0.717, 1.165) is 17.8 Å². The number of nitrogens with zero attached hydrogens (tertiary/aromatic N) is 5. The summed E-state index contributed by atoms with van der Waals surface area (Å²) in [6.45, 7) is 5.10. The van der Waals surface area contributed by atoms with Crippen LogP contribution in [0.4, 0.5) is 4.39 Å². The van der Waals surface area contributed by atoms with Gasteiger partial charge in [-0.3, -0.25) is 9.07 Å². The highest BCUT2D eigenvalue weighted by Crippen LogP contribution is 2.36. The summed E-state index contributed by atoms with van der Waals surface area (Å²) in [6, 6.07) is 5.14. The molecule has 2 aromatic heterocycles. The number of fused-ring (bicyclic) bond motifs is 1. The van der Waals surface area contributed by atoms with E-state index < -0.39 is 0 Å². The first-order chi connectivity index (χ1) is 13.5. The lowest BCUT2D eigenvalue weighted by Gasteiger charge is -2.18. The first-order valence-corrected chi connectivity index (χ1v) is 9.55. The van der Waals surface area contributed by atoms with Crippen molar-refractivity contribution in [3.8, 4) is 5.75 Å². The van der Waals surface area contributed by atoms with Crippen molar-refractivity contribution in [2.45, 2.75) is 32.5 Å². The standard InChI is InChI=1S/C19H20Cl2FN5O/c1-2-26(11-14-12-27(25-24-14)8-4-3-7-22)10-13-5-6-15-16(20)9-17(21)19(28)18(15)23-13/h2,5-6,9,12,28H,1,3-4,7-8,10-11H2. The summed E-state index contributed by atoms with van der Waals surface area (Å²) < 4.78 is 13.9. The minimum atomic E-state index is -0.323. The molecule has 0 spiro atoms. The number of hydrogen-bond acceptors (Lipinski definition) is 5. The highest BCUT2D eigenvalue weighted by Gasteiger charge is 2.13. The van der Waals surface area contributed by atoms with Gasteiger partial charge < -0.3 is 10.0 Å². The largest absolute Gasteiger partial charge is 0.504 e. The maximum atomic E-state index is 12.2. The molecule has 0 atom stereocenters. The molecular formula is C19H20Cl2FN5O. The first-order valence-electron chi connectivity index (χ1n) is 8.80. The number of unbranched alkanes of at least 4 members (excludes halogenated alkanes) is 1. The van der Waals surface area contributed by atoms with E-state index in [0.29, 0.717) is 42.0 Å². The van der Waals surface area contributed by atoms with Gasteiger partial charge in [0.1, 0.15) is 11.2 Å². The minimum absolute atomic E-state index is 0.0932. The number of benzene rings is 1. The Hall–Kier alpha value is -2.38. The van der Waals surface area contributed by atoms with Gasteiger partial charge in [-0.1, -0.05) is 35.0 Å². The van der Waals surface area contributed by atoms with E-state index in [1.807, 2.05) is 17.2 Å². The summed E-state index contributed by atoms with van der Waals surface area (Å²) in [5, 5.41) is 19.6. The summed E-state index contributed by atoms with van der Waals surface area (Å²) in [5.74, 6) is -0.0932. The number of aromatic nitrogens is 4. The Morgan fingerprint density at radius 2 is 1.96 bits per heavy atom. The molecule has 148 valence electrons. The van der Waals surface area contributed by atoms with Crippen molar-refractivity contribution in [2.75, 3.05) is 6.67 Å². The number of halogens is 3. The molecular weight excluding hydrogens is 404 g/mol. The van der Waals surface area contributed by atoms with Crippen molar-refractivity contribution in [1.82, 2.24) is 24.9 Å². The highest BCUT2D eigenvalue weighted by molar-refractivity contribution is 6.39. The van der Waals surface area contributed by atoms with Gasteiger partial charge in [0, 0.05) is 11.9 Å². The van der Waals surface area contributed by atoms with Crippen LogP contribution in [0, 0.1) is 0 Å². The van der Waals surface area contributed by atoms with Crippen LogP contribution in [-0.2, 0) is 19.6 Å². The van der Waals surface area contributed by atoms with Gasteiger partial charge in [0.05, 0.1) is 41.7 Å². The fourth-order valence-corrected chi connectivity index (χ4v) is 3.34. The van der Waals surface area contributed by atoms with E-state index in [1.165, 1.54) is 6.07 Å². The van der Waals surface area contributed by atoms with Gasteiger partial charge in [0.25, 0.3) is 0 Å². The van der Waals surface area contributed by atoms with Crippen LogP contribution in [0.5, 0.6) is 5.75 Å². The maximum Gasteiger partial charge on any atom is 0.160 e. The van der Waals surface area contributed by atoms with Crippen LogP contribution in [0.3, 0.4) is 0 Å². The molecule has 28 heavy (non-hydrogen) atoms. The summed E-state index contributed by atoms with van der Waals surface area (Å²) >= 11 is 12.2. The Labute approximate surface area is 172 Å². The third kappa shape index (κ3) is 4.72. The quantitative estimate of drug-likeness (QED) is 0.503. The molecule has 0 fully saturated rings. The van der Waals surface area contributed by atoms with Crippen LogP contribution in [0.2, 0.25) is 10.0 Å². The summed E-state index contributed by atoms with van der Waals surface area (Å²) in [4.78, 5) is 6.42. The Morgan fingerprint density at radius 1 is 1.18 bits per heavy atom. The second-order valence-corrected chi connectivity index (χ2v) is 7.16. The zero-order valence-corrected chi connectivity index (χ0v) is 16.7. The van der Waals surface area contributed by atoms with Gasteiger partial charge in [-0.25, -0.2) is 4.98 Å². The number of alkyl halides is 1. The van der Waals surface area contributed by atoms with E-state index in [2.05, 4.69) is 21.9 Å². The molecule has 0 aliphatic carbocycles. The number of aromatic hydroxyl groups is 1. The maximum absolute atomic E-state index is 12.2. The van der Waals surface area contributed by atoms with Gasteiger partial charge in [-0.15, -0.1) is 5.10 Å². The van der Waals surface area contributed by atoms with Crippen LogP contribution >= 0.6 is 23.2 Å². The molecule has 0 aliphatic heterocycles. The van der Waals surface area contributed by atoms with Gasteiger partial charge in [0.15, 0.2) is 5.75 Å². The average Bonchev–Trinajstić information content (AvgIpc) is 3.13. The predicted octanol–water partition coefficient (Wildman–Crippen LogP) is 4.73. The average molecular weight is 424 g/mol. The number of pyridine rings is 1. The Balaban J connectivity index is 1.72. The van der Waals surface area contributed by atoms with E-state index in [9.17, 15) is 9.50 Å². The molecule has 0 saturated carbocycles. The molecule has 2 heterocycles. The smallest absolute Gasteiger partial charge is 0.160 e. The molecule has 1 N–H and O–H groups in total. The van der Waals surface area contributed by atoms with Gasteiger partial charge in [-0.05, 0) is 37.2 Å². The lowest BCUT2D eigenvalue weighted by atomic mass is 10.2. The molecule has 0 bridgehead atoms. The molecule has 3 rings (SSSR count). The molecule has 9 heteroatoms. The minimum Gasteiger partial charge on any atom is -0.504 e. The van der Waals surface area contributed by atoms with E-state index >= 15 is 0 Å². The number of phenols is 1. The Kier molecular flexibility index (Phi) is 6.70. The molecule has 0 unspecified atom stereocenters. The van der Waals surface area contributed by atoms with Crippen molar-refractivity contribution in [1.29, 1.82) is 0 Å². The number of phenolic OH excluding ortho intramolecular Hbond substituents is 1. The number of hydrogen-bond donors (Lipinski definition) is 1. The summed E-state index contributed by atoms with van der Waals surface area (Å²) in [5.41, 5.74) is 1.85. The fraction of sp³-hybridized carbons (Fsp3) is 0.316. The van der Waals surface area contributed by atoms with Crippen molar-refractivity contribution >= 4 is 34.1 Å². The second kappa shape index (κ2) is 9.21. The molecule has 0 amide bonds. The monoisotopic (exact) mass is 423 g/mol. The zero-order chi connectivity index (χ0) is 20.1. The Morgan fingerprint density at radius 3 is 2.71 bits per heavy atom. The van der Waals surface area contributed by atoms with Crippen LogP contribution in [0.15, 0.2) is 37.2 Å². The number of aryl methyl sites for hydroxylation is 1. The van der Waals surface area contributed by atoms with Crippen molar-refractivity contribution in [2.24, 2.45) is 0 Å². The van der Waals surface area contributed by atoms with E-state index in [4.69, 9.17) is 23.2 Å². The van der Waals surface area contributed by atoms with Crippen molar-refractivity contribution < 1.29 is 9.50 Å². The molecule has 6 nitrogen and oxygen atoms in total. The van der Waals surface area contributed by atoms with Gasteiger partial charge in [0.2, 0.25) is 0 Å². The molecule has 3 aromatic rings. The summed E-state index contributed by atoms with van der Waals surface area (Å²) in [7, 11) is 0. The van der Waals surface area contributed by atoms with Crippen molar-refractivity contribution in [3.05, 3.63) is 58.6 Å². The molecule has 0 aliphatic rings. The lowest BCUT2D eigenvalue weighted by Crippen LogP contribution is -2.17. The van der Waals surface area contributed by atoms with Gasteiger partial charge >= 0.3 is 0 Å².